The molecule has 0 bridgehead atoms. The van der Waals surface area contributed by atoms with Crippen LogP contribution in [-0.4, -0.2) is 37.1 Å². The highest BCUT2D eigenvalue weighted by atomic mass is 16.7. The van der Waals surface area contributed by atoms with Crippen molar-refractivity contribution in [2.24, 2.45) is 0 Å². The number of benzene rings is 1. The molecular weight excluding hydrogens is 262 g/mol. The Morgan fingerprint density at radius 1 is 1.45 bits per heavy atom. The molecule has 1 unspecified atom stereocenters. The third kappa shape index (κ3) is 4.11. The monoisotopic (exact) mass is 281 g/mol. The fraction of sp³-hybridized carbons (Fsp3) is 0.500. The second kappa shape index (κ2) is 7.12. The van der Waals surface area contributed by atoms with Gasteiger partial charge in [0.25, 0.3) is 0 Å². The van der Waals surface area contributed by atoms with E-state index >= 15 is 0 Å². The zero-order valence-electron chi connectivity index (χ0n) is 11.4. The first kappa shape index (κ1) is 14.6. The molecule has 6 nitrogen and oxygen atoms in total. The molecule has 1 aliphatic heterocycles. The summed E-state index contributed by atoms with van der Waals surface area (Å²) in [6.45, 7) is 3.23. The van der Waals surface area contributed by atoms with E-state index in [0.717, 1.165) is 17.1 Å². The predicted octanol–water partition coefficient (Wildman–Crippen LogP) is 0.819. The number of hydrogen-bond acceptors (Lipinski definition) is 6. The number of carbonyl (C=O) groups excluding carboxylic acids is 1. The predicted molar refractivity (Wildman–Crippen MR) is 71.5 cm³/mol. The number of fused-ring (bicyclic) bond motifs is 1. The van der Waals surface area contributed by atoms with Gasteiger partial charge in [0.15, 0.2) is 11.5 Å². The summed E-state index contributed by atoms with van der Waals surface area (Å²) < 4.78 is 15.3. The van der Waals surface area contributed by atoms with Crippen molar-refractivity contribution in [3.63, 3.8) is 0 Å². The molecule has 0 saturated carbocycles. The van der Waals surface area contributed by atoms with Gasteiger partial charge in [-0.25, -0.2) is 0 Å². The lowest BCUT2D eigenvalue weighted by Crippen LogP contribution is -2.29. The number of nitrogens with one attached hydrogen (secondary N) is 1. The number of ether oxygens (including phenoxy) is 3. The Kier molecular flexibility index (Phi) is 5.20. The van der Waals surface area contributed by atoms with Crippen LogP contribution in [-0.2, 0) is 16.1 Å². The number of esters is 1. The van der Waals surface area contributed by atoms with Gasteiger partial charge >= 0.3 is 5.97 Å². The molecule has 1 aromatic rings. The molecule has 0 aliphatic carbocycles. The Hall–Kier alpha value is -1.79. The zero-order valence-corrected chi connectivity index (χ0v) is 11.4. The molecule has 1 atom stereocenters. The molecule has 2 N–H and O–H groups in total. The number of aliphatic hydroxyl groups is 1. The summed E-state index contributed by atoms with van der Waals surface area (Å²) >= 11 is 0. The van der Waals surface area contributed by atoms with Crippen molar-refractivity contribution in [3.05, 3.63) is 23.8 Å². The van der Waals surface area contributed by atoms with E-state index in [1.807, 2.05) is 18.2 Å². The average molecular weight is 281 g/mol. The minimum absolute atomic E-state index is 0.00196. The van der Waals surface area contributed by atoms with Crippen LogP contribution >= 0.6 is 0 Å². The van der Waals surface area contributed by atoms with Crippen LogP contribution in [0, 0.1) is 0 Å². The first-order valence-corrected chi connectivity index (χ1v) is 6.62. The molecule has 0 aromatic heterocycles. The fourth-order valence-electron chi connectivity index (χ4n) is 1.92. The average Bonchev–Trinajstić information content (AvgIpc) is 2.86. The molecule has 0 radical (unpaired) electrons. The van der Waals surface area contributed by atoms with E-state index in [-0.39, 0.29) is 19.2 Å². The van der Waals surface area contributed by atoms with Crippen molar-refractivity contribution < 1.29 is 24.1 Å². The lowest BCUT2D eigenvalue weighted by atomic mass is 10.2. The van der Waals surface area contributed by atoms with Crippen LogP contribution in [0.2, 0.25) is 0 Å². The molecule has 0 saturated heterocycles. The van der Waals surface area contributed by atoms with Gasteiger partial charge in [0.05, 0.1) is 19.1 Å². The van der Waals surface area contributed by atoms with Gasteiger partial charge in [-0.15, -0.1) is 0 Å². The molecule has 0 fully saturated rings. The molecule has 1 heterocycles. The van der Waals surface area contributed by atoms with Gasteiger partial charge in [-0.3, -0.25) is 4.79 Å². The van der Waals surface area contributed by atoms with Crippen molar-refractivity contribution in [3.8, 4) is 11.5 Å². The van der Waals surface area contributed by atoms with E-state index < -0.39 is 6.10 Å². The van der Waals surface area contributed by atoms with Gasteiger partial charge in [0.1, 0.15) is 0 Å². The Morgan fingerprint density at radius 3 is 3.05 bits per heavy atom. The first-order valence-electron chi connectivity index (χ1n) is 6.62. The Labute approximate surface area is 117 Å². The summed E-state index contributed by atoms with van der Waals surface area (Å²) in [6, 6.07) is 5.68. The van der Waals surface area contributed by atoms with Crippen LogP contribution in [0.1, 0.15) is 18.9 Å². The van der Waals surface area contributed by atoms with Gasteiger partial charge in [-0.05, 0) is 24.6 Å². The molecular formula is C14H19NO5. The number of aliphatic hydroxyl groups excluding tert-OH is 1. The summed E-state index contributed by atoms with van der Waals surface area (Å²) in [7, 11) is 0. The SMILES string of the molecule is CCOC(=O)CC(O)CNCc1ccc2c(c1)OCO2. The van der Waals surface area contributed by atoms with E-state index in [9.17, 15) is 9.90 Å². The van der Waals surface area contributed by atoms with Crippen molar-refractivity contribution in [1.82, 2.24) is 5.32 Å². The second-order valence-electron chi connectivity index (χ2n) is 4.48. The smallest absolute Gasteiger partial charge is 0.308 e. The van der Waals surface area contributed by atoms with E-state index in [1.54, 1.807) is 6.92 Å². The molecule has 0 amide bonds. The lowest BCUT2D eigenvalue weighted by Gasteiger charge is -2.11. The first-order chi connectivity index (χ1) is 9.69. The highest BCUT2D eigenvalue weighted by Crippen LogP contribution is 2.32. The topological polar surface area (TPSA) is 77.0 Å². The van der Waals surface area contributed by atoms with Gasteiger partial charge in [-0.1, -0.05) is 6.07 Å². The maximum absolute atomic E-state index is 11.2. The van der Waals surface area contributed by atoms with Crippen LogP contribution in [0.5, 0.6) is 11.5 Å². The van der Waals surface area contributed by atoms with Gasteiger partial charge < -0.3 is 24.6 Å². The summed E-state index contributed by atoms with van der Waals surface area (Å²) in [5, 5.41) is 12.8. The normalized spacial score (nSPS) is 14.1. The highest BCUT2D eigenvalue weighted by Gasteiger charge is 2.14. The van der Waals surface area contributed by atoms with E-state index in [1.165, 1.54) is 0 Å². The van der Waals surface area contributed by atoms with E-state index in [4.69, 9.17) is 14.2 Å². The minimum atomic E-state index is -0.747. The highest BCUT2D eigenvalue weighted by molar-refractivity contribution is 5.69. The Balaban J connectivity index is 1.71. The maximum atomic E-state index is 11.2. The van der Waals surface area contributed by atoms with E-state index in [0.29, 0.717) is 19.7 Å². The summed E-state index contributed by atoms with van der Waals surface area (Å²) in [5.41, 5.74) is 1.03. The molecule has 1 aromatic carbocycles. The Morgan fingerprint density at radius 2 is 2.25 bits per heavy atom. The maximum Gasteiger partial charge on any atom is 0.308 e. The number of carbonyl (C=O) groups is 1. The molecule has 2 rings (SSSR count). The minimum Gasteiger partial charge on any atom is -0.466 e. The van der Waals surface area contributed by atoms with Gasteiger partial charge in [0, 0.05) is 13.1 Å². The molecule has 110 valence electrons. The fourth-order valence-corrected chi connectivity index (χ4v) is 1.92. The molecule has 1 aliphatic rings. The lowest BCUT2D eigenvalue weighted by molar-refractivity contribution is -0.145. The summed E-state index contributed by atoms with van der Waals surface area (Å²) in [5.74, 6) is 1.09. The van der Waals surface area contributed by atoms with Crippen molar-refractivity contribution in [1.29, 1.82) is 0 Å². The standard InChI is InChI=1S/C14H19NO5/c1-2-18-14(17)6-11(16)8-15-7-10-3-4-12-13(5-10)20-9-19-12/h3-5,11,15-16H,2,6-9H2,1H3. The number of hydrogen-bond donors (Lipinski definition) is 2. The quantitative estimate of drug-likeness (QED) is 0.721. The molecule has 20 heavy (non-hydrogen) atoms. The van der Waals surface area contributed by atoms with Gasteiger partial charge in [0.2, 0.25) is 6.79 Å². The summed E-state index contributed by atoms with van der Waals surface area (Å²) in [6.07, 6.45) is -0.745. The summed E-state index contributed by atoms with van der Waals surface area (Å²) in [4.78, 5) is 11.2. The van der Waals surface area contributed by atoms with Crippen molar-refractivity contribution in [2.45, 2.75) is 26.0 Å². The third-order valence-corrected chi connectivity index (χ3v) is 2.85. The molecule has 0 spiro atoms. The van der Waals surface area contributed by atoms with Crippen LogP contribution in [0.15, 0.2) is 18.2 Å². The van der Waals surface area contributed by atoms with Crippen LogP contribution < -0.4 is 14.8 Å². The molecule has 6 heteroatoms. The van der Waals surface area contributed by atoms with Gasteiger partial charge in [-0.2, -0.15) is 0 Å². The second-order valence-corrected chi connectivity index (χ2v) is 4.48. The largest absolute Gasteiger partial charge is 0.466 e. The van der Waals surface area contributed by atoms with Crippen LogP contribution in [0.3, 0.4) is 0 Å². The Bertz CT molecular complexity index is 463. The zero-order chi connectivity index (χ0) is 14.4. The van der Waals surface area contributed by atoms with Crippen molar-refractivity contribution in [2.75, 3.05) is 19.9 Å². The third-order valence-electron chi connectivity index (χ3n) is 2.85. The number of rotatable bonds is 7. The van der Waals surface area contributed by atoms with Crippen molar-refractivity contribution >= 4 is 5.97 Å². The van der Waals surface area contributed by atoms with Crippen LogP contribution in [0.25, 0.3) is 0 Å². The van der Waals surface area contributed by atoms with E-state index in [2.05, 4.69) is 5.32 Å². The van der Waals surface area contributed by atoms with Crippen LogP contribution in [0.4, 0.5) is 0 Å².